The molecule has 280 valence electrons. The van der Waals surface area contributed by atoms with E-state index in [2.05, 4.69) is 30.3 Å². The van der Waals surface area contributed by atoms with Gasteiger partial charge in [-0.05, 0) is 33.7 Å². The van der Waals surface area contributed by atoms with Crippen LogP contribution in [-0.4, -0.2) is 29.9 Å². The van der Waals surface area contributed by atoms with Crippen LogP contribution in [-0.2, 0) is 0 Å². The molecule has 0 aliphatic carbocycles. The van der Waals surface area contributed by atoms with Crippen molar-refractivity contribution in [2.24, 2.45) is 0 Å². The van der Waals surface area contributed by atoms with Crippen molar-refractivity contribution in [1.82, 2.24) is 29.9 Å². The summed E-state index contributed by atoms with van der Waals surface area (Å²) in [7, 11) is 0. The predicted octanol–water partition coefficient (Wildman–Crippen LogP) is 12.4. The molecule has 0 radical (unpaired) electrons. The Labute approximate surface area is 347 Å². The van der Waals surface area contributed by atoms with Crippen molar-refractivity contribution >= 4 is 10.8 Å². The fraction of sp³-hybridized carbons (Fsp3) is 0. The molecular weight excluding hydrogens is 735 g/mol. The molecule has 0 amide bonds. The summed E-state index contributed by atoms with van der Waals surface area (Å²) < 4.78 is 0. The summed E-state index contributed by atoms with van der Waals surface area (Å²) >= 11 is 0. The van der Waals surface area contributed by atoms with E-state index in [1.54, 1.807) is 0 Å². The molecule has 0 bridgehead atoms. The third-order valence-electron chi connectivity index (χ3n) is 10.5. The second-order valence-electron chi connectivity index (χ2n) is 14.2. The molecule has 0 saturated heterocycles. The molecule has 0 aliphatic rings. The zero-order valence-corrected chi connectivity index (χ0v) is 32.2. The Bertz CT molecular complexity index is 3090. The van der Waals surface area contributed by atoms with Gasteiger partial charge < -0.3 is 0 Å². The van der Waals surface area contributed by atoms with Gasteiger partial charge in [0.1, 0.15) is 0 Å². The zero-order valence-electron chi connectivity index (χ0n) is 32.2. The molecule has 10 aromatic rings. The maximum Gasteiger partial charge on any atom is 0.164 e. The minimum Gasteiger partial charge on any atom is -0.208 e. The highest BCUT2D eigenvalue weighted by atomic mass is 15.0. The van der Waals surface area contributed by atoms with Gasteiger partial charge in [0.15, 0.2) is 34.9 Å². The minimum absolute atomic E-state index is 0.515. The number of nitrogens with zero attached hydrogens (tertiary/aromatic N) is 7. The highest BCUT2D eigenvalue weighted by Crippen LogP contribution is 2.45. The molecule has 7 nitrogen and oxygen atoms in total. The first-order chi connectivity index (χ1) is 29.7. The molecule has 0 saturated carbocycles. The summed E-state index contributed by atoms with van der Waals surface area (Å²) in [6.45, 7) is 0. The Kier molecular flexibility index (Phi) is 9.47. The van der Waals surface area contributed by atoms with E-state index in [-0.39, 0.29) is 0 Å². The van der Waals surface area contributed by atoms with Crippen LogP contribution in [0.2, 0.25) is 0 Å². The first-order valence-corrected chi connectivity index (χ1v) is 19.6. The van der Waals surface area contributed by atoms with E-state index in [0.717, 1.165) is 66.4 Å². The molecule has 0 atom stereocenters. The third kappa shape index (κ3) is 6.85. The first-order valence-electron chi connectivity index (χ1n) is 19.6. The zero-order chi connectivity index (χ0) is 40.3. The molecule has 0 N–H and O–H groups in total. The van der Waals surface area contributed by atoms with Crippen LogP contribution >= 0.6 is 0 Å². The number of rotatable bonds is 8. The largest absolute Gasteiger partial charge is 0.208 e. The average molecular weight is 768 g/mol. The molecule has 8 aromatic carbocycles. The molecule has 0 aliphatic heterocycles. The molecule has 0 spiro atoms. The van der Waals surface area contributed by atoms with Gasteiger partial charge in [-0.15, -0.1) is 0 Å². The summed E-state index contributed by atoms with van der Waals surface area (Å²) in [5, 5.41) is 12.4. The van der Waals surface area contributed by atoms with E-state index >= 15 is 0 Å². The lowest BCUT2D eigenvalue weighted by Crippen LogP contribution is -2.02. The molecule has 2 heterocycles. The van der Waals surface area contributed by atoms with E-state index in [0.29, 0.717) is 40.5 Å². The first kappa shape index (κ1) is 35.9. The van der Waals surface area contributed by atoms with Crippen LogP contribution in [0.25, 0.3) is 101 Å². The minimum atomic E-state index is 0.515. The van der Waals surface area contributed by atoms with Crippen molar-refractivity contribution in [2.75, 3.05) is 0 Å². The van der Waals surface area contributed by atoms with E-state index < -0.39 is 0 Å². The Morgan fingerprint density at radius 1 is 0.283 bits per heavy atom. The lowest BCUT2D eigenvalue weighted by atomic mass is 9.84. The van der Waals surface area contributed by atoms with Gasteiger partial charge in [0.25, 0.3) is 0 Å². The molecule has 0 unspecified atom stereocenters. The fourth-order valence-electron chi connectivity index (χ4n) is 7.64. The SMILES string of the molecule is N#Cc1cc(-c2ccccc2-c2nc(-c3ccccc3)nc(-c3ccccc3)n2)c(-c2ccccc2-c2nc(-c3ccccc3)nc(-c3ccccc3)n2)c2ccccc12. The molecule has 2 aromatic heterocycles. The van der Waals surface area contributed by atoms with Crippen molar-refractivity contribution < 1.29 is 0 Å². The Morgan fingerprint density at radius 2 is 0.600 bits per heavy atom. The average Bonchev–Trinajstić information content (AvgIpc) is 3.34. The van der Waals surface area contributed by atoms with Crippen LogP contribution in [0.3, 0.4) is 0 Å². The lowest BCUT2D eigenvalue weighted by molar-refractivity contribution is 1.07. The van der Waals surface area contributed by atoms with Crippen LogP contribution in [0, 0.1) is 11.3 Å². The Hall–Kier alpha value is -8.47. The Morgan fingerprint density at radius 3 is 1.02 bits per heavy atom. The van der Waals surface area contributed by atoms with E-state index in [1.165, 1.54) is 0 Å². The Balaban J connectivity index is 1.24. The number of benzene rings is 8. The van der Waals surface area contributed by atoms with Gasteiger partial charge in [0.2, 0.25) is 0 Å². The molecule has 10 rings (SSSR count). The fourth-order valence-corrected chi connectivity index (χ4v) is 7.64. The molecule has 0 fully saturated rings. The van der Waals surface area contributed by atoms with Crippen LogP contribution in [0.5, 0.6) is 0 Å². The van der Waals surface area contributed by atoms with Crippen LogP contribution in [0.4, 0.5) is 0 Å². The normalized spacial score (nSPS) is 11.0. The maximum atomic E-state index is 10.7. The monoisotopic (exact) mass is 767 g/mol. The molecule has 60 heavy (non-hydrogen) atoms. The van der Waals surface area contributed by atoms with Gasteiger partial charge in [-0.25, -0.2) is 29.9 Å². The van der Waals surface area contributed by atoms with Gasteiger partial charge >= 0.3 is 0 Å². The second-order valence-corrected chi connectivity index (χ2v) is 14.2. The molecule has 7 heteroatoms. The summed E-state index contributed by atoms with van der Waals surface area (Å²) in [6.07, 6.45) is 0. The summed E-state index contributed by atoms with van der Waals surface area (Å²) in [5.74, 6) is 3.32. The van der Waals surface area contributed by atoms with Crippen molar-refractivity contribution in [2.45, 2.75) is 0 Å². The number of nitriles is 1. The van der Waals surface area contributed by atoms with Crippen LogP contribution in [0.15, 0.2) is 200 Å². The highest BCUT2D eigenvalue weighted by molar-refractivity contribution is 6.10. The van der Waals surface area contributed by atoms with Gasteiger partial charge in [-0.2, -0.15) is 5.26 Å². The second kappa shape index (κ2) is 15.8. The lowest BCUT2D eigenvalue weighted by Gasteiger charge is -2.20. The summed E-state index contributed by atoms with van der Waals surface area (Å²) in [5.41, 5.74) is 9.24. The standard InChI is InChI=1S/C53H33N7/c54-34-39-33-46(41-28-14-17-31-44(41)52-57-48(35-19-5-1-6-20-35)55-49(58-52)36-21-7-2-8-22-36)47(42-29-15-13-27-40(39)42)43-30-16-18-32-45(43)53-59-50(37-23-9-3-10-24-37)56-51(60-53)38-25-11-4-12-26-38/h1-33H. The van der Waals surface area contributed by atoms with Crippen LogP contribution < -0.4 is 0 Å². The number of hydrogen-bond donors (Lipinski definition) is 0. The predicted molar refractivity (Wildman–Crippen MR) is 239 cm³/mol. The number of fused-ring (bicyclic) bond motifs is 1. The van der Waals surface area contributed by atoms with Crippen molar-refractivity contribution in [3.8, 4) is 96.7 Å². The van der Waals surface area contributed by atoms with Crippen LogP contribution in [0.1, 0.15) is 5.56 Å². The number of aromatic nitrogens is 6. The highest BCUT2D eigenvalue weighted by Gasteiger charge is 2.24. The molecular formula is C53H33N7. The van der Waals surface area contributed by atoms with E-state index in [9.17, 15) is 5.26 Å². The van der Waals surface area contributed by atoms with Gasteiger partial charge in [-0.1, -0.05) is 194 Å². The van der Waals surface area contributed by atoms with Gasteiger partial charge in [-0.3, -0.25) is 0 Å². The smallest absolute Gasteiger partial charge is 0.164 e. The van der Waals surface area contributed by atoms with Crippen molar-refractivity contribution in [3.05, 3.63) is 206 Å². The van der Waals surface area contributed by atoms with Crippen molar-refractivity contribution in [1.29, 1.82) is 5.26 Å². The van der Waals surface area contributed by atoms with Gasteiger partial charge in [0.05, 0.1) is 11.6 Å². The van der Waals surface area contributed by atoms with E-state index in [4.69, 9.17) is 29.9 Å². The topological polar surface area (TPSA) is 101 Å². The summed E-state index contributed by atoms with van der Waals surface area (Å²) in [4.78, 5) is 30.4. The summed E-state index contributed by atoms with van der Waals surface area (Å²) in [6, 6.07) is 68.7. The maximum absolute atomic E-state index is 10.7. The van der Waals surface area contributed by atoms with Crippen molar-refractivity contribution in [3.63, 3.8) is 0 Å². The number of hydrogen-bond acceptors (Lipinski definition) is 7. The third-order valence-corrected chi connectivity index (χ3v) is 10.5. The van der Waals surface area contributed by atoms with Gasteiger partial charge in [0, 0.05) is 38.8 Å². The van der Waals surface area contributed by atoms with E-state index in [1.807, 2.05) is 176 Å². The quantitative estimate of drug-likeness (QED) is 0.152.